The van der Waals surface area contributed by atoms with E-state index in [0.717, 1.165) is 34.3 Å². The number of hydroxylamine groups is 1. The Balaban J connectivity index is 1.46. The molecule has 3 heterocycles. The van der Waals surface area contributed by atoms with Crippen molar-refractivity contribution < 1.29 is 19.5 Å². The highest BCUT2D eigenvalue weighted by atomic mass is 16.6. The van der Waals surface area contributed by atoms with Gasteiger partial charge in [0, 0.05) is 31.4 Å². The molecule has 8 nitrogen and oxygen atoms in total. The summed E-state index contributed by atoms with van der Waals surface area (Å²) in [6.45, 7) is 7.35. The third-order valence-corrected chi connectivity index (χ3v) is 5.48. The molecular weight excluding hydrogens is 420 g/mol. The van der Waals surface area contributed by atoms with Crippen LogP contribution >= 0.6 is 0 Å². The highest BCUT2D eigenvalue weighted by Crippen LogP contribution is 2.25. The van der Waals surface area contributed by atoms with E-state index in [1.807, 2.05) is 57.3 Å². The van der Waals surface area contributed by atoms with E-state index in [-0.39, 0.29) is 6.09 Å². The highest BCUT2D eigenvalue weighted by molar-refractivity contribution is 5.93. The standard InChI is InChI=1S/C25H28N4O4/c1-25(2,3)33-24(31)28-13-10-18(11-14-28)20-8-9-22-21(26-20)12-15-29(22)16-17-4-6-19(7-5-17)23(30)27-32/h4-10,12,15,32H,11,13-14,16H2,1-3H3,(H,27,30). The van der Waals surface area contributed by atoms with E-state index in [9.17, 15) is 9.59 Å². The third-order valence-electron chi connectivity index (χ3n) is 5.48. The molecule has 2 N–H and O–H groups in total. The number of fused-ring (bicyclic) bond motifs is 1. The fourth-order valence-electron chi connectivity index (χ4n) is 3.81. The predicted molar refractivity (Wildman–Crippen MR) is 125 cm³/mol. The van der Waals surface area contributed by atoms with Gasteiger partial charge in [-0.25, -0.2) is 15.3 Å². The van der Waals surface area contributed by atoms with Crippen molar-refractivity contribution in [3.05, 3.63) is 71.6 Å². The van der Waals surface area contributed by atoms with E-state index in [4.69, 9.17) is 14.9 Å². The predicted octanol–water partition coefficient (Wildman–Crippen LogP) is 4.23. The average molecular weight is 449 g/mol. The first kappa shape index (κ1) is 22.5. The van der Waals surface area contributed by atoms with Crippen LogP contribution in [0.2, 0.25) is 0 Å². The zero-order valence-electron chi connectivity index (χ0n) is 19.0. The smallest absolute Gasteiger partial charge is 0.410 e. The Bertz CT molecular complexity index is 1210. The van der Waals surface area contributed by atoms with Crippen LogP contribution in [0.1, 0.15) is 48.8 Å². The molecule has 0 unspecified atom stereocenters. The lowest BCUT2D eigenvalue weighted by Crippen LogP contribution is -2.39. The Morgan fingerprint density at radius 2 is 1.88 bits per heavy atom. The van der Waals surface area contributed by atoms with Gasteiger partial charge in [0.05, 0.1) is 16.7 Å². The molecule has 2 aromatic heterocycles. The van der Waals surface area contributed by atoms with Crippen molar-refractivity contribution in [2.24, 2.45) is 0 Å². The molecule has 1 aliphatic rings. The molecule has 2 amide bonds. The fourth-order valence-corrected chi connectivity index (χ4v) is 3.81. The molecule has 0 spiro atoms. The van der Waals surface area contributed by atoms with E-state index in [1.54, 1.807) is 22.5 Å². The van der Waals surface area contributed by atoms with Gasteiger partial charge in [-0.3, -0.25) is 10.0 Å². The number of hydrogen-bond donors (Lipinski definition) is 2. The Morgan fingerprint density at radius 3 is 2.52 bits per heavy atom. The first-order valence-corrected chi connectivity index (χ1v) is 10.9. The average Bonchev–Trinajstić information content (AvgIpc) is 3.20. The van der Waals surface area contributed by atoms with Crippen molar-refractivity contribution in [3.8, 4) is 0 Å². The van der Waals surface area contributed by atoms with E-state index in [1.165, 1.54) is 0 Å². The minimum atomic E-state index is -0.532. The van der Waals surface area contributed by atoms with Crippen LogP contribution < -0.4 is 5.48 Å². The molecule has 0 radical (unpaired) electrons. The molecule has 1 aliphatic heterocycles. The molecule has 4 rings (SSSR count). The van der Waals surface area contributed by atoms with Crippen LogP contribution in [0.15, 0.2) is 54.7 Å². The molecule has 0 bridgehead atoms. The van der Waals surface area contributed by atoms with Gasteiger partial charge in [0.2, 0.25) is 0 Å². The minimum Gasteiger partial charge on any atom is -0.444 e. The minimum absolute atomic E-state index is 0.289. The first-order chi connectivity index (χ1) is 15.7. The topological polar surface area (TPSA) is 96.7 Å². The molecule has 0 atom stereocenters. The van der Waals surface area contributed by atoms with E-state index in [0.29, 0.717) is 25.2 Å². The zero-order valence-corrected chi connectivity index (χ0v) is 19.0. The van der Waals surface area contributed by atoms with Gasteiger partial charge in [-0.05, 0) is 68.7 Å². The van der Waals surface area contributed by atoms with Gasteiger partial charge < -0.3 is 14.2 Å². The van der Waals surface area contributed by atoms with Gasteiger partial charge >= 0.3 is 6.09 Å². The van der Waals surface area contributed by atoms with Crippen molar-refractivity contribution in [1.82, 2.24) is 19.9 Å². The number of pyridine rings is 1. The van der Waals surface area contributed by atoms with E-state index >= 15 is 0 Å². The number of aromatic nitrogens is 2. The summed E-state index contributed by atoms with van der Waals surface area (Å²) in [6, 6.07) is 13.2. The second kappa shape index (κ2) is 9.07. The molecule has 3 aromatic rings. The Kier molecular flexibility index (Phi) is 6.20. The summed E-state index contributed by atoms with van der Waals surface area (Å²) in [6.07, 6.45) is 4.48. The van der Waals surface area contributed by atoms with Gasteiger partial charge in [-0.1, -0.05) is 18.2 Å². The summed E-state index contributed by atoms with van der Waals surface area (Å²) in [5.74, 6) is -0.532. The van der Waals surface area contributed by atoms with Crippen LogP contribution in [0.25, 0.3) is 16.6 Å². The molecule has 172 valence electrons. The van der Waals surface area contributed by atoms with Gasteiger partial charge in [0.25, 0.3) is 5.91 Å². The van der Waals surface area contributed by atoms with Gasteiger partial charge in [0.15, 0.2) is 0 Å². The lowest BCUT2D eigenvalue weighted by atomic mass is 10.0. The summed E-state index contributed by atoms with van der Waals surface area (Å²) in [4.78, 5) is 30.3. The molecular formula is C25H28N4O4. The molecule has 0 fully saturated rings. The fraction of sp³-hybridized carbons (Fsp3) is 0.320. The van der Waals surface area contributed by atoms with Gasteiger partial charge in [-0.15, -0.1) is 0 Å². The van der Waals surface area contributed by atoms with Gasteiger partial charge in [0.1, 0.15) is 5.60 Å². The van der Waals surface area contributed by atoms with Crippen LogP contribution in [0, 0.1) is 0 Å². The summed E-state index contributed by atoms with van der Waals surface area (Å²) < 4.78 is 7.56. The van der Waals surface area contributed by atoms with Crippen LogP contribution in [-0.2, 0) is 11.3 Å². The third kappa shape index (κ3) is 5.23. The number of nitrogens with one attached hydrogen (secondary N) is 1. The van der Waals surface area contributed by atoms with Crippen molar-refractivity contribution in [2.75, 3.05) is 13.1 Å². The number of rotatable bonds is 4. The lowest BCUT2D eigenvalue weighted by molar-refractivity contribution is 0.0270. The highest BCUT2D eigenvalue weighted by Gasteiger charge is 2.24. The number of carbonyl (C=O) groups excluding carboxylic acids is 2. The molecule has 8 heteroatoms. The number of nitrogens with zero attached hydrogens (tertiary/aromatic N) is 3. The first-order valence-electron chi connectivity index (χ1n) is 10.9. The van der Waals surface area contributed by atoms with Crippen molar-refractivity contribution >= 4 is 28.6 Å². The maximum Gasteiger partial charge on any atom is 0.410 e. The Hall–Kier alpha value is -3.65. The molecule has 0 saturated carbocycles. The van der Waals surface area contributed by atoms with Gasteiger partial charge in [-0.2, -0.15) is 0 Å². The molecule has 0 aliphatic carbocycles. The second-order valence-corrected chi connectivity index (χ2v) is 9.09. The maximum absolute atomic E-state index is 12.3. The van der Waals surface area contributed by atoms with Crippen LogP contribution in [0.3, 0.4) is 0 Å². The van der Waals surface area contributed by atoms with Crippen molar-refractivity contribution in [3.63, 3.8) is 0 Å². The number of carbonyl (C=O) groups is 2. The van der Waals surface area contributed by atoms with E-state index in [2.05, 4.69) is 10.6 Å². The van der Waals surface area contributed by atoms with Crippen LogP contribution in [0.5, 0.6) is 0 Å². The molecule has 0 saturated heterocycles. The lowest BCUT2D eigenvalue weighted by Gasteiger charge is -2.29. The SMILES string of the molecule is CC(C)(C)OC(=O)N1CC=C(c2ccc3c(ccn3Cc3ccc(C(=O)NO)cc3)n2)CC1. The number of ether oxygens (including phenoxy) is 1. The van der Waals surface area contributed by atoms with Crippen molar-refractivity contribution in [1.29, 1.82) is 0 Å². The number of amides is 2. The second-order valence-electron chi connectivity index (χ2n) is 9.09. The number of hydrogen-bond acceptors (Lipinski definition) is 5. The molecule has 33 heavy (non-hydrogen) atoms. The van der Waals surface area contributed by atoms with Crippen molar-refractivity contribution in [2.45, 2.75) is 39.3 Å². The zero-order chi connectivity index (χ0) is 23.6. The monoisotopic (exact) mass is 448 g/mol. The summed E-state index contributed by atoms with van der Waals surface area (Å²) in [7, 11) is 0. The van der Waals surface area contributed by atoms with Crippen LogP contribution in [-0.4, -0.2) is 50.3 Å². The largest absolute Gasteiger partial charge is 0.444 e. The normalized spacial score (nSPS) is 14.2. The summed E-state index contributed by atoms with van der Waals surface area (Å²) in [5.41, 5.74) is 6.53. The maximum atomic E-state index is 12.3. The summed E-state index contributed by atoms with van der Waals surface area (Å²) in [5, 5.41) is 8.74. The summed E-state index contributed by atoms with van der Waals surface area (Å²) >= 11 is 0. The number of benzene rings is 1. The Morgan fingerprint density at radius 1 is 1.12 bits per heavy atom. The Labute approximate surface area is 192 Å². The molecule has 1 aromatic carbocycles. The van der Waals surface area contributed by atoms with Crippen LogP contribution in [0.4, 0.5) is 4.79 Å². The van der Waals surface area contributed by atoms with E-state index < -0.39 is 11.5 Å². The quantitative estimate of drug-likeness (QED) is 0.460.